The molecule has 0 aromatic heterocycles. The monoisotopic (exact) mass is 227 g/mol. The molecule has 1 unspecified atom stereocenters. The van der Waals surface area contributed by atoms with Crippen LogP contribution in [0.25, 0.3) is 0 Å². The van der Waals surface area contributed by atoms with E-state index in [-0.39, 0.29) is 0 Å². The molecule has 9 heavy (non-hydrogen) atoms. The largest absolute Gasteiger partial charge is 0.285 e. The van der Waals surface area contributed by atoms with Gasteiger partial charge in [0.15, 0.2) is 0 Å². The van der Waals surface area contributed by atoms with Gasteiger partial charge in [-0.05, 0) is 29.1 Å². The van der Waals surface area contributed by atoms with E-state index >= 15 is 0 Å². The molecular formula is CH6Cl3N3P2. The van der Waals surface area contributed by atoms with Crippen LogP contribution in [0.15, 0.2) is 4.52 Å². The summed E-state index contributed by atoms with van der Waals surface area (Å²) in [5, 5.41) is 6.93. The zero-order valence-electron chi connectivity index (χ0n) is 4.55. The van der Waals surface area contributed by atoms with E-state index in [9.17, 15) is 0 Å². The fraction of sp³-hybridized carbons (Fsp3) is 1.00. The third-order valence-electron chi connectivity index (χ3n) is 0.287. The van der Waals surface area contributed by atoms with Gasteiger partial charge in [0, 0.05) is 0 Å². The van der Waals surface area contributed by atoms with Crippen molar-refractivity contribution in [2.24, 2.45) is 10.0 Å². The van der Waals surface area contributed by atoms with Crippen molar-refractivity contribution in [3.8, 4) is 0 Å². The van der Waals surface area contributed by atoms with Gasteiger partial charge in [-0.3, -0.25) is 10.7 Å². The molecule has 0 aliphatic rings. The van der Waals surface area contributed by atoms with Crippen molar-refractivity contribution in [1.82, 2.24) is 0 Å². The summed E-state index contributed by atoms with van der Waals surface area (Å²) in [5.41, 5.74) is 5.27. The van der Waals surface area contributed by atoms with Crippen LogP contribution >= 0.6 is 46.2 Å². The number of nitrogens with two attached hydrogens (primary N) is 1. The molecule has 1 atom stereocenters. The lowest BCUT2D eigenvalue weighted by Crippen LogP contribution is -1.80. The number of rotatable bonds is 1. The molecule has 8 heteroatoms. The van der Waals surface area contributed by atoms with Crippen LogP contribution in [0.3, 0.4) is 0 Å². The Morgan fingerprint density at radius 3 is 1.78 bits per heavy atom. The summed E-state index contributed by atoms with van der Waals surface area (Å²) in [6.07, 6.45) is 0. The summed E-state index contributed by atoms with van der Waals surface area (Å²) in [5.74, 6) is -2.93. The van der Waals surface area contributed by atoms with Crippen LogP contribution in [0.1, 0.15) is 0 Å². The van der Waals surface area contributed by atoms with Crippen molar-refractivity contribution in [3.63, 3.8) is 0 Å². The molecule has 0 heterocycles. The number of nitrogens with zero attached hydrogens (tertiary/aromatic N) is 1. The van der Waals surface area contributed by atoms with Crippen molar-refractivity contribution in [1.29, 1.82) is 5.16 Å². The van der Waals surface area contributed by atoms with Gasteiger partial charge >= 0.3 is 0 Å². The molecule has 0 radical (unpaired) electrons. The van der Waals surface area contributed by atoms with E-state index < -0.39 is 12.5 Å². The van der Waals surface area contributed by atoms with Gasteiger partial charge in [0.1, 0.15) is 6.56 Å². The number of hydrogen-bond donors (Lipinski definition) is 2. The second-order valence-electron chi connectivity index (χ2n) is 1.49. The SMILES string of the molecule is CP(N)(Cl)=NP(=N)(Cl)Cl. The summed E-state index contributed by atoms with van der Waals surface area (Å²) >= 11 is 16.0. The van der Waals surface area contributed by atoms with Gasteiger partial charge in [-0.25, -0.2) is 4.52 Å². The first-order valence-corrected chi connectivity index (χ1v) is 8.55. The van der Waals surface area contributed by atoms with Gasteiger partial charge < -0.3 is 0 Å². The first kappa shape index (κ1) is 10.3. The fourth-order valence-electron chi connectivity index (χ4n) is 0.220. The second kappa shape index (κ2) is 3.13. The smallest absolute Gasteiger partial charge is 0.246 e. The predicted molar refractivity (Wildman–Crippen MR) is 46.7 cm³/mol. The highest BCUT2D eigenvalue weighted by atomic mass is 35.9. The minimum absolute atomic E-state index is 1.52. The van der Waals surface area contributed by atoms with Gasteiger partial charge in [0.05, 0.1) is 0 Å². The van der Waals surface area contributed by atoms with Crippen molar-refractivity contribution in [2.75, 3.05) is 6.66 Å². The maximum absolute atomic E-state index is 6.93. The molecule has 0 aromatic carbocycles. The molecular weight excluding hydrogens is 222 g/mol. The Balaban J connectivity index is 4.53. The normalized spacial score (nSPS) is 18.8. The van der Waals surface area contributed by atoms with Crippen LogP contribution in [0, 0.1) is 5.16 Å². The van der Waals surface area contributed by atoms with E-state index in [0.717, 1.165) is 0 Å². The van der Waals surface area contributed by atoms with E-state index in [2.05, 4.69) is 4.52 Å². The average Bonchev–Trinajstić information content (AvgIpc) is 1.14. The van der Waals surface area contributed by atoms with Crippen molar-refractivity contribution in [3.05, 3.63) is 0 Å². The standard InChI is InChI=1S/CH6Cl3N3P2/c1-8(2,5)7-9(3,4)6/h6H,5H2,1H3. The van der Waals surface area contributed by atoms with E-state index in [1.54, 1.807) is 0 Å². The van der Waals surface area contributed by atoms with Gasteiger partial charge in [-0.1, -0.05) is 11.2 Å². The first-order chi connectivity index (χ1) is 3.71. The Morgan fingerprint density at radius 1 is 1.44 bits per heavy atom. The quantitative estimate of drug-likeness (QED) is 0.658. The fourth-order valence-corrected chi connectivity index (χ4v) is 6.04. The molecule has 0 spiro atoms. The summed E-state index contributed by atoms with van der Waals surface area (Å²) < 4.78 is 3.50. The molecule has 0 saturated carbocycles. The van der Waals surface area contributed by atoms with E-state index in [4.69, 9.17) is 44.4 Å². The summed E-state index contributed by atoms with van der Waals surface area (Å²) in [4.78, 5) is 0. The van der Waals surface area contributed by atoms with Gasteiger partial charge in [0.25, 0.3) is 0 Å². The molecule has 0 amide bonds. The zero-order valence-corrected chi connectivity index (χ0v) is 8.61. The lowest BCUT2D eigenvalue weighted by molar-refractivity contribution is 1.61. The Kier molecular flexibility index (Phi) is 3.57. The Bertz CT molecular complexity index is 179. The van der Waals surface area contributed by atoms with Crippen LogP contribution < -0.4 is 5.50 Å². The highest BCUT2D eigenvalue weighted by molar-refractivity contribution is 8.11. The van der Waals surface area contributed by atoms with Crippen LogP contribution in [0.2, 0.25) is 0 Å². The maximum atomic E-state index is 6.93. The minimum atomic E-state index is -2.93. The van der Waals surface area contributed by atoms with Gasteiger partial charge in [-0.2, -0.15) is 0 Å². The highest BCUT2D eigenvalue weighted by Crippen LogP contribution is 2.66. The van der Waals surface area contributed by atoms with E-state index in [0.29, 0.717) is 0 Å². The highest BCUT2D eigenvalue weighted by Gasteiger charge is 2.09. The number of halogens is 3. The molecule has 0 aliphatic carbocycles. The molecule has 3 nitrogen and oxygen atoms in total. The van der Waals surface area contributed by atoms with E-state index in [1.807, 2.05) is 0 Å². The molecule has 0 fully saturated rings. The Hall–Kier alpha value is 1.29. The van der Waals surface area contributed by atoms with Crippen LogP contribution in [-0.2, 0) is 0 Å². The van der Waals surface area contributed by atoms with Crippen LogP contribution in [0.5, 0.6) is 0 Å². The predicted octanol–water partition coefficient (Wildman–Crippen LogP) is 3.85. The Labute approximate surface area is 68.2 Å². The van der Waals surface area contributed by atoms with Gasteiger partial charge in [0.2, 0.25) is 5.91 Å². The number of hydrogen-bond acceptors (Lipinski definition) is 1. The molecule has 0 aromatic rings. The second-order valence-corrected chi connectivity index (χ2v) is 10.5. The van der Waals surface area contributed by atoms with Crippen molar-refractivity contribution >= 4 is 46.2 Å². The zero-order chi connectivity index (χ0) is 7.71. The summed E-state index contributed by atoms with van der Waals surface area (Å²) in [6.45, 7) is -0.826. The van der Waals surface area contributed by atoms with Crippen molar-refractivity contribution in [2.45, 2.75) is 0 Å². The molecule has 3 N–H and O–H groups in total. The Morgan fingerprint density at radius 2 is 1.78 bits per heavy atom. The molecule has 0 bridgehead atoms. The average molecular weight is 228 g/mol. The molecule has 56 valence electrons. The summed E-state index contributed by atoms with van der Waals surface area (Å²) in [6, 6.07) is 0. The maximum Gasteiger partial charge on any atom is 0.246 e. The van der Waals surface area contributed by atoms with Gasteiger partial charge in [-0.15, -0.1) is 0 Å². The molecule has 0 saturated heterocycles. The molecule has 0 rings (SSSR count). The topological polar surface area (TPSA) is 62.2 Å². The van der Waals surface area contributed by atoms with Crippen LogP contribution in [0.4, 0.5) is 0 Å². The van der Waals surface area contributed by atoms with E-state index in [1.165, 1.54) is 6.66 Å². The summed E-state index contributed by atoms with van der Waals surface area (Å²) in [7, 11) is 0. The minimum Gasteiger partial charge on any atom is -0.285 e. The van der Waals surface area contributed by atoms with Crippen LogP contribution in [-0.4, -0.2) is 6.66 Å². The molecule has 0 aliphatic heterocycles. The number of nitrogens with one attached hydrogen (secondary N) is 1. The first-order valence-electron chi connectivity index (χ1n) is 1.84. The third-order valence-corrected chi connectivity index (χ3v) is 4.41. The lowest BCUT2D eigenvalue weighted by atomic mass is 12.0. The van der Waals surface area contributed by atoms with Crippen molar-refractivity contribution < 1.29 is 0 Å². The third kappa shape index (κ3) is 9.29. The lowest BCUT2D eigenvalue weighted by Gasteiger charge is -2.04.